The zero-order valence-electron chi connectivity index (χ0n) is 13.7. The summed E-state index contributed by atoms with van der Waals surface area (Å²) in [5.74, 6) is 0.595. The zero-order chi connectivity index (χ0) is 18.1. The van der Waals surface area contributed by atoms with E-state index in [1.54, 1.807) is 12.1 Å². The summed E-state index contributed by atoms with van der Waals surface area (Å²) in [6.07, 6.45) is -0.963. The molecule has 1 aromatic heterocycles. The molecule has 0 radical (unpaired) electrons. The van der Waals surface area contributed by atoms with E-state index in [1.807, 2.05) is 54.6 Å². The number of hydrogen-bond acceptors (Lipinski definition) is 4. The Morgan fingerprint density at radius 2 is 1.54 bits per heavy atom. The number of nitro benzene ring substituents is 1. The molecule has 26 heavy (non-hydrogen) atoms. The van der Waals surface area contributed by atoms with Crippen molar-refractivity contribution in [3.63, 3.8) is 0 Å². The fourth-order valence-corrected chi connectivity index (χ4v) is 3.09. The molecule has 0 aliphatic carbocycles. The minimum atomic E-state index is -0.963. The molecule has 0 aliphatic heterocycles. The van der Waals surface area contributed by atoms with Crippen molar-refractivity contribution >= 4 is 16.7 Å². The van der Waals surface area contributed by atoms with E-state index in [-0.39, 0.29) is 5.69 Å². The monoisotopic (exact) mass is 345 g/mol. The number of nitro groups is 1. The molecule has 1 heterocycles. The maximum Gasteiger partial charge on any atom is 0.269 e. The standard InChI is InChI=1S/C21H15NO4/c23-20(14-10-12-16(13-11-14)22(24)25)19-17-8-4-5-9-18(17)26-21(19)15-6-2-1-3-7-15/h1-13,20,23H. The number of nitrogens with zero attached hydrogens (tertiary/aromatic N) is 1. The highest BCUT2D eigenvalue weighted by atomic mass is 16.6. The third-order valence-corrected chi connectivity index (χ3v) is 4.36. The van der Waals surface area contributed by atoms with Crippen LogP contribution in [0.2, 0.25) is 0 Å². The van der Waals surface area contributed by atoms with Crippen molar-refractivity contribution < 1.29 is 14.4 Å². The van der Waals surface area contributed by atoms with Crippen LogP contribution in [0.4, 0.5) is 5.69 Å². The van der Waals surface area contributed by atoms with Gasteiger partial charge >= 0.3 is 0 Å². The molecule has 5 heteroatoms. The third kappa shape index (κ3) is 2.74. The summed E-state index contributed by atoms with van der Waals surface area (Å²) in [7, 11) is 0. The molecule has 0 saturated heterocycles. The fraction of sp³-hybridized carbons (Fsp3) is 0.0476. The van der Waals surface area contributed by atoms with Crippen LogP contribution >= 0.6 is 0 Å². The van der Waals surface area contributed by atoms with Gasteiger partial charge in [-0.2, -0.15) is 0 Å². The Labute approximate surface area is 149 Å². The van der Waals surface area contributed by atoms with Crippen LogP contribution in [0.3, 0.4) is 0 Å². The molecule has 0 fully saturated rings. The zero-order valence-corrected chi connectivity index (χ0v) is 13.7. The molecular formula is C21H15NO4. The number of aliphatic hydroxyl groups excluding tert-OH is 1. The lowest BCUT2D eigenvalue weighted by molar-refractivity contribution is -0.384. The smallest absolute Gasteiger partial charge is 0.269 e. The Hall–Kier alpha value is -3.44. The summed E-state index contributed by atoms with van der Waals surface area (Å²) in [6.45, 7) is 0. The predicted molar refractivity (Wildman–Crippen MR) is 98.8 cm³/mol. The molecule has 3 aromatic carbocycles. The lowest BCUT2D eigenvalue weighted by Gasteiger charge is -2.12. The average molecular weight is 345 g/mol. The summed E-state index contributed by atoms with van der Waals surface area (Å²) >= 11 is 0. The van der Waals surface area contributed by atoms with Crippen LogP contribution in [0.15, 0.2) is 83.3 Å². The number of rotatable bonds is 4. The van der Waals surface area contributed by atoms with Crippen molar-refractivity contribution in [1.82, 2.24) is 0 Å². The van der Waals surface area contributed by atoms with Gasteiger partial charge in [0.25, 0.3) is 5.69 Å². The summed E-state index contributed by atoms with van der Waals surface area (Å²) in [6, 6.07) is 23.0. The molecule has 1 unspecified atom stereocenters. The van der Waals surface area contributed by atoms with Gasteiger partial charge in [-0.1, -0.05) is 48.5 Å². The molecule has 1 N–H and O–H groups in total. The number of benzene rings is 3. The number of fused-ring (bicyclic) bond motifs is 1. The Balaban J connectivity index is 1.88. The first-order chi connectivity index (χ1) is 12.6. The van der Waals surface area contributed by atoms with E-state index in [0.29, 0.717) is 22.5 Å². The topological polar surface area (TPSA) is 76.5 Å². The minimum absolute atomic E-state index is 0.0127. The van der Waals surface area contributed by atoms with Crippen LogP contribution in [0.1, 0.15) is 17.2 Å². The van der Waals surface area contributed by atoms with Crippen molar-refractivity contribution in [3.05, 3.63) is 100 Å². The molecule has 0 amide bonds. The molecule has 0 spiro atoms. The van der Waals surface area contributed by atoms with Gasteiger partial charge in [0.05, 0.1) is 4.92 Å². The van der Waals surface area contributed by atoms with Crippen LogP contribution in [-0.4, -0.2) is 10.0 Å². The second-order valence-corrected chi connectivity index (χ2v) is 5.96. The van der Waals surface area contributed by atoms with Crippen LogP contribution in [0.25, 0.3) is 22.3 Å². The van der Waals surface area contributed by atoms with Crippen molar-refractivity contribution in [1.29, 1.82) is 0 Å². The summed E-state index contributed by atoms with van der Waals surface area (Å²) in [5.41, 5.74) is 2.75. The normalized spacial score (nSPS) is 12.2. The molecule has 5 nitrogen and oxygen atoms in total. The van der Waals surface area contributed by atoms with E-state index in [4.69, 9.17) is 4.42 Å². The highest BCUT2D eigenvalue weighted by Gasteiger charge is 2.23. The highest BCUT2D eigenvalue weighted by Crippen LogP contribution is 2.39. The lowest BCUT2D eigenvalue weighted by Crippen LogP contribution is -2.01. The summed E-state index contributed by atoms with van der Waals surface area (Å²) in [4.78, 5) is 10.4. The summed E-state index contributed by atoms with van der Waals surface area (Å²) in [5, 5.41) is 22.7. The van der Waals surface area contributed by atoms with E-state index in [2.05, 4.69) is 0 Å². The molecule has 128 valence electrons. The van der Waals surface area contributed by atoms with Gasteiger partial charge in [-0.3, -0.25) is 10.1 Å². The van der Waals surface area contributed by atoms with Gasteiger partial charge in [0, 0.05) is 28.6 Å². The van der Waals surface area contributed by atoms with Gasteiger partial charge in [0.15, 0.2) is 0 Å². The molecule has 1 atom stereocenters. The van der Waals surface area contributed by atoms with Crippen molar-refractivity contribution in [2.24, 2.45) is 0 Å². The maximum atomic E-state index is 11.0. The first kappa shape index (κ1) is 16.1. The second-order valence-electron chi connectivity index (χ2n) is 5.96. The SMILES string of the molecule is O=[N+]([O-])c1ccc(C(O)c2c(-c3ccccc3)oc3ccccc23)cc1. The Morgan fingerprint density at radius 3 is 2.23 bits per heavy atom. The third-order valence-electron chi connectivity index (χ3n) is 4.36. The van der Waals surface area contributed by atoms with Crippen molar-refractivity contribution in [2.75, 3.05) is 0 Å². The van der Waals surface area contributed by atoms with Crippen molar-refractivity contribution in [2.45, 2.75) is 6.10 Å². The number of furan rings is 1. The maximum absolute atomic E-state index is 11.0. The van der Waals surface area contributed by atoms with E-state index in [9.17, 15) is 15.2 Å². The van der Waals surface area contributed by atoms with E-state index in [1.165, 1.54) is 12.1 Å². The molecule has 0 saturated carbocycles. The number of para-hydroxylation sites is 1. The van der Waals surface area contributed by atoms with E-state index in [0.717, 1.165) is 10.9 Å². The Morgan fingerprint density at radius 1 is 0.885 bits per heavy atom. The predicted octanol–water partition coefficient (Wildman–Crippen LogP) is 5.09. The lowest BCUT2D eigenvalue weighted by atomic mass is 9.96. The largest absolute Gasteiger partial charge is 0.456 e. The van der Waals surface area contributed by atoms with Crippen LogP contribution in [0, 0.1) is 10.1 Å². The Kier molecular flexibility index (Phi) is 3.99. The molecule has 0 bridgehead atoms. The average Bonchev–Trinajstić information content (AvgIpc) is 3.08. The second kappa shape index (κ2) is 6.46. The van der Waals surface area contributed by atoms with Gasteiger partial charge in [-0.15, -0.1) is 0 Å². The van der Waals surface area contributed by atoms with Crippen LogP contribution < -0.4 is 0 Å². The molecular weight excluding hydrogens is 330 g/mol. The van der Waals surface area contributed by atoms with Gasteiger partial charge in [-0.05, 0) is 23.8 Å². The minimum Gasteiger partial charge on any atom is -0.456 e. The van der Waals surface area contributed by atoms with Crippen molar-refractivity contribution in [3.8, 4) is 11.3 Å². The number of non-ortho nitro benzene ring substituents is 1. The van der Waals surface area contributed by atoms with Gasteiger partial charge in [0.2, 0.25) is 0 Å². The first-order valence-electron chi connectivity index (χ1n) is 8.14. The van der Waals surface area contributed by atoms with Gasteiger partial charge in [0.1, 0.15) is 17.4 Å². The number of aliphatic hydroxyl groups is 1. The van der Waals surface area contributed by atoms with Crippen LogP contribution in [0.5, 0.6) is 0 Å². The van der Waals surface area contributed by atoms with Gasteiger partial charge < -0.3 is 9.52 Å². The Bertz CT molecular complexity index is 1070. The quantitative estimate of drug-likeness (QED) is 0.413. The van der Waals surface area contributed by atoms with Gasteiger partial charge in [-0.25, -0.2) is 0 Å². The first-order valence-corrected chi connectivity index (χ1v) is 8.14. The summed E-state index contributed by atoms with van der Waals surface area (Å²) < 4.78 is 6.02. The van der Waals surface area contributed by atoms with Crippen LogP contribution in [-0.2, 0) is 0 Å². The molecule has 4 aromatic rings. The highest BCUT2D eigenvalue weighted by molar-refractivity contribution is 5.88. The number of hydrogen-bond donors (Lipinski definition) is 1. The van der Waals surface area contributed by atoms with E-state index >= 15 is 0 Å². The molecule has 4 rings (SSSR count). The fourth-order valence-electron chi connectivity index (χ4n) is 3.09. The molecule has 0 aliphatic rings. The van der Waals surface area contributed by atoms with E-state index < -0.39 is 11.0 Å².